The number of rotatable bonds is 6. The van der Waals surface area contributed by atoms with Crippen LogP contribution in [-0.4, -0.2) is 13.2 Å². The predicted molar refractivity (Wildman–Crippen MR) is 87.1 cm³/mol. The molecule has 1 N–H and O–H groups in total. The topological polar surface area (TPSA) is 30.5 Å². The van der Waals surface area contributed by atoms with Gasteiger partial charge in [0.2, 0.25) is 0 Å². The van der Waals surface area contributed by atoms with E-state index < -0.39 is 0 Å². The third kappa shape index (κ3) is 3.99. The van der Waals surface area contributed by atoms with Crippen LogP contribution in [0.15, 0.2) is 46.9 Å². The maximum atomic E-state index is 5.85. The van der Waals surface area contributed by atoms with Crippen LogP contribution >= 0.6 is 15.9 Å². The Morgan fingerprint density at radius 3 is 2.33 bits per heavy atom. The van der Waals surface area contributed by atoms with Crippen LogP contribution in [0.5, 0.6) is 17.2 Å². The molecule has 2 aromatic rings. The zero-order valence-corrected chi connectivity index (χ0v) is 13.5. The molecule has 0 amide bonds. The minimum absolute atomic E-state index is 0.715. The summed E-state index contributed by atoms with van der Waals surface area (Å²) in [6.45, 7) is 0.897. The van der Waals surface area contributed by atoms with E-state index in [4.69, 9.17) is 9.47 Å². The molecule has 0 atom stereocenters. The Kier molecular flexibility index (Phi) is 4.46. The molecule has 0 spiro atoms. The lowest BCUT2D eigenvalue weighted by atomic mass is 10.2. The van der Waals surface area contributed by atoms with E-state index in [1.54, 1.807) is 7.11 Å². The molecule has 1 aliphatic rings. The molecule has 1 fully saturated rings. The molecule has 1 aliphatic carbocycles. The summed E-state index contributed by atoms with van der Waals surface area (Å²) in [6.07, 6.45) is 2.60. The number of nitrogens with one attached hydrogen (secondary N) is 1. The highest BCUT2D eigenvalue weighted by Crippen LogP contribution is 2.29. The van der Waals surface area contributed by atoms with Crippen molar-refractivity contribution in [1.82, 2.24) is 5.32 Å². The summed E-state index contributed by atoms with van der Waals surface area (Å²) in [7, 11) is 1.65. The number of hydrogen-bond acceptors (Lipinski definition) is 3. The Balaban J connectivity index is 1.65. The molecule has 0 saturated heterocycles. The largest absolute Gasteiger partial charge is 0.497 e. The van der Waals surface area contributed by atoms with Gasteiger partial charge in [-0.25, -0.2) is 0 Å². The van der Waals surface area contributed by atoms with Crippen LogP contribution in [0.25, 0.3) is 0 Å². The van der Waals surface area contributed by atoms with E-state index in [1.165, 1.54) is 18.4 Å². The molecule has 21 heavy (non-hydrogen) atoms. The fourth-order valence-corrected chi connectivity index (χ4v) is 2.55. The number of hydrogen-bond donors (Lipinski definition) is 1. The fraction of sp³-hybridized carbons (Fsp3) is 0.294. The summed E-state index contributed by atoms with van der Waals surface area (Å²) >= 11 is 3.61. The van der Waals surface area contributed by atoms with Crippen molar-refractivity contribution in [2.45, 2.75) is 25.4 Å². The van der Waals surface area contributed by atoms with Crippen molar-refractivity contribution in [1.29, 1.82) is 0 Å². The van der Waals surface area contributed by atoms with Crippen molar-refractivity contribution in [3.63, 3.8) is 0 Å². The fourth-order valence-electron chi connectivity index (χ4n) is 2.06. The molecule has 3 nitrogen and oxygen atoms in total. The first kappa shape index (κ1) is 14.4. The number of halogens is 1. The zero-order chi connectivity index (χ0) is 14.7. The highest BCUT2D eigenvalue weighted by molar-refractivity contribution is 9.10. The first-order valence-electron chi connectivity index (χ1n) is 7.08. The van der Waals surface area contributed by atoms with Crippen molar-refractivity contribution in [3.05, 3.63) is 52.5 Å². The van der Waals surface area contributed by atoms with Crippen molar-refractivity contribution in [3.8, 4) is 17.2 Å². The molecule has 110 valence electrons. The zero-order valence-electron chi connectivity index (χ0n) is 11.9. The van der Waals surface area contributed by atoms with Crippen LogP contribution in [0, 0.1) is 0 Å². The Morgan fingerprint density at radius 2 is 1.71 bits per heavy atom. The van der Waals surface area contributed by atoms with Gasteiger partial charge in [0.25, 0.3) is 0 Å². The van der Waals surface area contributed by atoms with Gasteiger partial charge in [-0.05, 0) is 54.8 Å². The molecule has 0 aliphatic heterocycles. The smallest absolute Gasteiger partial charge is 0.128 e. The minimum atomic E-state index is 0.715. The SMILES string of the molecule is COc1ccc(Oc2ccc(CNC3CC3)c(Br)c2)cc1. The molecular formula is C17H18BrNO2. The van der Waals surface area contributed by atoms with Crippen molar-refractivity contribution in [2.24, 2.45) is 0 Å². The number of benzene rings is 2. The molecule has 4 heteroatoms. The van der Waals surface area contributed by atoms with E-state index in [1.807, 2.05) is 36.4 Å². The van der Waals surface area contributed by atoms with E-state index in [0.717, 1.165) is 28.3 Å². The molecule has 1 saturated carbocycles. The van der Waals surface area contributed by atoms with Crippen molar-refractivity contribution >= 4 is 15.9 Å². The minimum Gasteiger partial charge on any atom is -0.497 e. The summed E-state index contributed by atoms with van der Waals surface area (Å²) in [5.74, 6) is 2.44. The Hall–Kier alpha value is -1.52. The van der Waals surface area contributed by atoms with Gasteiger partial charge in [0.1, 0.15) is 17.2 Å². The van der Waals surface area contributed by atoms with Gasteiger partial charge in [-0.2, -0.15) is 0 Å². The third-order valence-electron chi connectivity index (χ3n) is 3.48. The van der Waals surface area contributed by atoms with Gasteiger partial charge in [-0.15, -0.1) is 0 Å². The summed E-state index contributed by atoms with van der Waals surface area (Å²) in [4.78, 5) is 0. The van der Waals surface area contributed by atoms with Crippen LogP contribution in [0.1, 0.15) is 18.4 Å². The normalized spacial score (nSPS) is 14.0. The van der Waals surface area contributed by atoms with Gasteiger partial charge in [0.15, 0.2) is 0 Å². The molecule has 0 aromatic heterocycles. The van der Waals surface area contributed by atoms with Crippen molar-refractivity contribution < 1.29 is 9.47 Å². The maximum Gasteiger partial charge on any atom is 0.128 e. The highest BCUT2D eigenvalue weighted by atomic mass is 79.9. The molecule has 2 aromatic carbocycles. The lowest BCUT2D eigenvalue weighted by Gasteiger charge is -2.10. The summed E-state index contributed by atoms with van der Waals surface area (Å²) in [5.41, 5.74) is 1.25. The highest BCUT2D eigenvalue weighted by Gasteiger charge is 2.20. The quantitative estimate of drug-likeness (QED) is 0.834. The van der Waals surface area contributed by atoms with Gasteiger partial charge < -0.3 is 14.8 Å². The van der Waals surface area contributed by atoms with Gasteiger partial charge in [0, 0.05) is 17.1 Å². The first-order valence-corrected chi connectivity index (χ1v) is 7.87. The predicted octanol–water partition coefficient (Wildman–Crippen LogP) is 4.50. The average molecular weight is 348 g/mol. The standard InChI is InChI=1S/C17H18BrNO2/c1-20-14-6-8-15(9-7-14)21-16-5-2-12(17(18)10-16)11-19-13-3-4-13/h2,5-10,13,19H,3-4,11H2,1H3. The monoisotopic (exact) mass is 347 g/mol. The van der Waals surface area contributed by atoms with Crippen LogP contribution in [0.4, 0.5) is 0 Å². The van der Waals surface area contributed by atoms with Gasteiger partial charge in [-0.1, -0.05) is 22.0 Å². The Bertz CT molecular complexity index is 609. The molecule has 0 radical (unpaired) electrons. The first-order chi connectivity index (χ1) is 10.2. The van der Waals surface area contributed by atoms with E-state index in [9.17, 15) is 0 Å². The van der Waals surface area contributed by atoms with E-state index in [0.29, 0.717) is 6.04 Å². The van der Waals surface area contributed by atoms with E-state index >= 15 is 0 Å². The van der Waals surface area contributed by atoms with Crippen LogP contribution < -0.4 is 14.8 Å². The average Bonchev–Trinajstić information content (AvgIpc) is 3.31. The Labute approximate surface area is 133 Å². The maximum absolute atomic E-state index is 5.85. The second-order valence-electron chi connectivity index (χ2n) is 5.19. The second-order valence-corrected chi connectivity index (χ2v) is 6.04. The lowest BCUT2D eigenvalue weighted by Crippen LogP contribution is -2.15. The van der Waals surface area contributed by atoms with Crippen molar-refractivity contribution in [2.75, 3.05) is 7.11 Å². The summed E-state index contributed by atoms with van der Waals surface area (Å²) in [5, 5.41) is 3.51. The molecule has 3 rings (SSSR count). The third-order valence-corrected chi connectivity index (χ3v) is 4.22. The van der Waals surface area contributed by atoms with Crippen LogP contribution in [0.2, 0.25) is 0 Å². The van der Waals surface area contributed by atoms with Gasteiger partial charge >= 0.3 is 0 Å². The molecule has 0 heterocycles. The molecule has 0 bridgehead atoms. The van der Waals surface area contributed by atoms with Gasteiger partial charge in [0.05, 0.1) is 7.11 Å². The lowest BCUT2D eigenvalue weighted by molar-refractivity contribution is 0.413. The summed E-state index contributed by atoms with van der Waals surface area (Å²) < 4.78 is 12.1. The van der Waals surface area contributed by atoms with Crippen LogP contribution in [0.3, 0.4) is 0 Å². The molecular weight excluding hydrogens is 330 g/mol. The second kappa shape index (κ2) is 6.50. The van der Waals surface area contributed by atoms with Crippen LogP contribution in [-0.2, 0) is 6.54 Å². The molecule has 0 unspecified atom stereocenters. The number of methoxy groups -OCH3 is 1. The van der Waals surface area contributed by atoms with E-state index in [2.05, 4.69) is 27.3 Å². The van der Waals surface area contributed by atoms with Gasteiger partial charge in [-0.3, -0.25) is 0 Å². The van der Waals surface area contributed by atoms with E-state index in [-0.39, 0.29) is 0 Å². The Morgan fingerprint density at radius 1 is 1.05 bits per heavy atom. The number of ether oxygens (including phenoxy) is 2. The summed E-state index contributed by atoms with van der Waals surface area (Å²) in [6, 6.07) is 14.4.